The van der Waals surface area contributed by atoms with Gasteiger partial charge in [-0.15, -0.1) is 0 Å². The minimum absolute atomic E-state index is 0.150. The van der Waals surface area contributed by atoms with Crippen molar-refractivity contribution in [3.8, 4) is 0 Å². The van der Waals surface area contributed by atoms with Gasteiger partial charge in [0.15, 0.2) is 0 Å². The molecule has 1 saturated heterocycles. The number of hydrogen-bond donors (Lipinski definition) is 1. The number of morpholine rings is 1. The molecule has 0 aliphatic carbocycles. The Balaban J connectivity index is 1.83. The van der Waals surface area contributed by atoms with Gasteiger partial charge in [-0.2, -0.15) is 0 Å². The molecule has 0 spiro atoms. The Kier molecular flexibility index (Phi) is 4.38. The van der Waals surface area contributed by atoms with Crippen LogP contribution in [-0.4, -0.2) is 36.3 Å². The van der Waals surface area contributed by atoms with Crippen LogP contribution in [0.25, 0.3) is 0 Å². The zero-order valence-corrected chi connectivity index (χ0v) is 11.4. The maximum atomic E-state index is 5.40. The van der Waals surface area contributed by atoms with E-state index in [1.807, 2.05) is 18.5 Å². The highest BCUT2D eigenvalue weighted by atomic mass is 16.5. The van der Waals surface area contributed by atoms with E-state index in [9.17, 15) is 0 Å². The Labute approximate surface area is 119 Å². The van der Waals surface area contributed by atoms with Crippen LogP contribution < -0.4 is 5.43 Å². The highest BCUT2D eigenvalue weighted by Gasteiger charge is 2.18. The molecule has 1 atom stereocenters. The molecule has 2 heterocycles. The molecule has 0 radical (unpaired) electrons. The standard InChI is InChI=1S/C16H19N3O/c1-2-4-14(5-3-1)16(15-6-8-17-9-7-15)18-19-10-12-20-13-11-19/h1-9,16,18H,10-13H2. The first-order valence-corrected chi connectivity index (χ1v) is 6.97. The van der Waals surface area contributed by atoms with Crippen LogP contribution in [0.15, 0.2) is 54.9 Å². The minimum atomic E-state index is 0.150. The van der Waals surface area contributed by atoms with Crippen molar-refractivity contribution in [3.63, 3.8) is 0 Å². The number of hydrogen-bond acceptors (Lipinski definition) is 4. The largest absolute Gasteiger partial charge is 0.379 e. The van der Waals surface area contributed by atoms with Crippen LogP contribution in [0.4, 0.5) is 0 Å². The molecule has 1 aromatic heterocycles. The van der Waals surface area contributed by atoms with Gasteiger partial charge in [0.2, 0.25) is 0 Å². The molecule has 1 N–H and O–H groups in total. The summed E-state index contributed by atoms with van der Waals surface area (Å²) in [5, 5.41) is 2.24. The van der Waals surface area contributed by atoms with E-state index < -0.39 is 0 Å². The Hall–Kier alpha value is -1.75. The average Bonchev–Trinajstić information content (AvgIpc) is 2.55. The number of pyridine rings is 1. The predicted octanol–water partition coefficient (Wildman–Crippen LogP) is 2.01. The Bertz CT molecular complexity index is 472. The monoisotopic (exact) mass is 269 g/mol. The molecule has 1 aliphatic rings. The van der Waals surface area contributed by atoms with Crippen molar-refractivity contribution in [2.45, 2.75) is 6.04 Å². The Morgan fingerprint density at radius 1 is 0.950 bits per heavy atom. The van der Waals surface area contributed by atoms with Crippen molar-refractivity contribution < 1.29 is 4.74 Å². The van der Waals surface area contributed by atoms with Crippen molar-refractivity contribution >= 4 is 0 Å². The normalized spacial score (nSPS) is 17.8. The van der Waals surface area contributed by atoms with E-state index in [1.165, 1.54) is 11.1 Å². The van der Waals surface area contributed by atoms with Crippen molar-refractivity contribution in [1.29, 1.82) is 0 Å². The summed E-state index contributed by atoms with van der Waals surface area (Å²) in [5.41, 5.74) is 6.09. The van der Waals surface area contributed by atoms with E-state index >= 15 is 0 Å². The zero-order chi connectivity index (χ0) is 13.6. The number of aromatic nitrogens is 1. The van der Waals surface area contributed by atoms with E-state index in [-0.39, 0.29) is 6.04 Å². The van der Waals surface area contributed by atoms with Gasteiger partial charge in [0, 0.05) is 25.5 Å². The first kappa shape index (κ1) is 13.2. The fourth-order valence-electron chi connectivity index (χ4n) is 2.42. The van der Waals surface area contributed by atoms with E-state index in [0.29, 0.717) is 0 Å². The van der Waals surface area contributed by atoms with Crippen LogP contribution in [0.3, 0.4) is 0 Å². The van der Waals surface area contributed by atoms with Crippen molar-refractivity contribution in [2.24, 2.45) is 0 Å². The number of nitrogens with one attached hydrogen (secondary N) is 1. The Morgan fingerprint density at radius 3 is 2.30 bits per heavy atom. The molecular weight excluding hydrogens is 250 g/mol. The number of ether oxygens (including phenoxy) is 1. The quantitative estimate of drug-likeness (QED) is 0.921. The second kappa shape index (κ2) is 6.61. The van der Waals surface area contributed by atoms with Crippen LogP contribution in [0, 0.1) is 0 Å². The molecule has 20 heavy (non-hydrogen) atoms. The summed E-state index contributed by atoms with van der Waals surface area (Å²) in [5.74, 6) is 0. The third-order valence-corrected chi connectivity index (χ3v) is 3.50. The lowest BCUT2D eigenvalue weighted by Gasteiger charge is -2.32. The second-order valence-corrected chi connectivity index (χ2v) is 4.85. The number of nitrogens with zero attached hydrogens (tertiary/aromatic N) is 2. The average molecular weight is 269 g/mol. The summed E-state index contributed by atoms with van der Waals surface area (Å²) in [7, 11) is 0. The molecular formula is C16H19N3O. The first-order chi connectivity index (χ1) is 9.93. The van der Waals surface area contributed by atoms with Crippen LogP contribution in [-0.2, 0) is 4.74 Å². The van der Waals surface area contributed by atoms with E-state index in [4.69, 9.17) is 4.74 Å². The lowest BCUT2D eigenvalue weighted by Crippen LogP contribution is -2.47. The maximum Gasteiger partial charge on any atom is 0.0715 e. The Morgan fingerprint density at radius 2 is 1.60 bits per heavy atom. The van der Waals surface area contributed by atoms with E-state index in [1.54, 1.807) is 0 Å². The van der Waals surface area contributed by atoms with Gasteiger partial charge < -0.3 is 4.74 Å². The highest BCUT2D eigenvalue weighted by molar-refractivity contribution is 5.30. The number of rotatable bonds is 4. The third-order valence-electron chi connectivity index (χ3n) is 3.50. The molecule has 4 nitrogen and oxygen atoms in total. The fourth-order valence-corrected chi connectivity index (χ4v) is 2.42. The van der Waals surface area contributed by atoms with Gasteiger partial charge >= 0.3 is 0 Å². The smallest absolute Gasteiger partial charge is 0.0715 e. The molecule has 2 aromatic rings. The summed E-state index contributed by atoms with van der Waals surface area (Å²) in [6.45, 7) is 3.39. The van der Waals surface area contributed by atoms with Gasteiger partial charge in [0.25, 0.3) is 0 Å². The lowest BCUT2D eigenvalue weighted by atomic mass is 10.0. The van der Waals surface area contributed by atoms with Gasteiger partial charge in [-0.3, -0.25) is 4.98 Å². The van der Waals surface area contributed by atoms with Crippen LogP contribution in [0.2, 0.25) is 0 Å². The highest BCUT2D eigenvalue weighted by Crippen LogP contribution is 2.21. The minimum Gasteiger partial charge on any atom is -0.379 e. The lowest BCUT2D eigenvalue weighted by molar-refractivity contribution is 0.00646. The molecule has 1 aliphatic heterocycles. The van der Waals surface area contributed by atoms with E-state index in [2.05, 4.69) is 51.8 Å². The molecule has 104 valence electrons. The van der Waals surface area contributed by atoms with Gasteiger partial charge in [-0.05, 0) is 23.3 Å². The molecule has 1 aromatic carbocycles. The van der Waals surface area contributed by atoms with Crippen LogP contribution in [0.5, 0.6) is 0 Å². The second-order valence-electron chi connectivity index (χ2n) is 4.85. The van der Waals surface area contributed by atoms with Gasteiger partial charge in [-0.1, -0.05) is 30.3 Å². The summed E-state index contributed by atoms with van der Waals surface area (Å²) in [6, 6.07) is 14.8. The molecule has 0 amide bonds. The molecule has 4 heteroatoms. The SMILES string of the molecule is c1ccc(C(NN2CCOCC2)c2ccncc2)cc1. The zero-order valence-electron chi connectivity index (χ0n) is 11.4. The van der Waals surface area contributed by atoms with E-state index in [0.717, 1.165) is 26.3 Å². The predicted molar refractivity (Wildman–Crippen MR) is 78.0 cm³/mol. The number of benzene rings is 1. The molecule has 3 rings (SSSR count). The topological polar surface area (TPSA) is 37.4 Å². The van der Waals surface area contributed by atoms with Gasteiger partial charge in [0.1, 0.15) is 0 Å². The summed E-state index contributed by atoms with van der Waals surface area (Å²) in [6.07, 6.45) is 3.68. The number of hydrazine groups is 1. The summed E-state index contributed by atoms with van der Waals surface area (Å²) in [4.78, 5) is 4.11. The van der Waals surface area contributed by atoms with Crippen molar-refractivity contribution in [3.05, 3.63) is 66.0 Å². The third kappa shape index (κ3) is 3.22. The molecule has 1 unspecified atom stereocenters. The van der Waals surface area contributed by atoms with Crippen molar-refractivity contribution in [1.82, 2.24) is 15.4 Å². The fraction of sp³-hybridized carbons (Fsp3) is 0.312. The molecule has 0 saturated carbocycles. The van der Waals surface area contributed by atoms with Gasteiger partial charge in [-0.25, -0.2) is 10.4 Å². The summed E-state index contributed by atoms with van der Waals surface area (Å²) < 4.78 is 5.40. The maximum absolute atomic E-state index is 5.40. The molecule has 0 bridgehead atoms. The van der Waals surface area contributed by atoms with Gasteiger partial charge in [0.05, 0.1) is 19.3 Å². The van der Waals surface area contributed by atoms with Crippen LogP contribution >= 0.6 is 0 Å². The van der Waals surface area contributed by atoms with Crippen molar-refractivity contribution in [2.75, 3.05) is 26.3 Å². The molecule has 1 fully saturated rings. The van der Waals surface area contributed by atoms with Crippen LogP contribution in [0.1, 0.15) is 17.2 Å². The first-order valence-electron chi connectivity index (χ1n) is 6.97. The summed E-state index contributed by atoms with van der Waals surface area (Å²) >= 11 is 0.